The van der Waals surface area contributed by atoms with Crippen molar-refractivity contribution in [2.45, 2.75) is 13.1 Å². The predicted molar refractivity (Wildman–Crippen MR) is 63.9 cm³/mol. The first kappa shape index (κ1) is 13.3. The van der Waals surface area contributed by atoms with E-state index < -0.39 is 17.5 Å². The summed E-state index contributed by atoms with van der Waals surface area (Å²) < 4.78 is 38.3. The maximum Gasteiger partial charge on any atom is 0.416 e. The molecular weight excluding hydrogens is 255 g/mol. The number of hydrogen-bond donors (Lipinski definition) is 0. The standard InChI is InChI=1S/C14H10F3NO/c1-9-4-5-10(7-12(9)14(15,16)17)13(19)11-3-2-6-18-8-11/h2-8H,1H3. The van der Waals surface area contributed by atoms with Crippen LogP contribution in [0.1, 0.15) is 27.0 Å². The third kappa shape index (κ3) is 2.81. The number of carbonyl (C=O) groups is 1. The van der Waals surface area contributed by atoms with E-state index in [1.807, 2.05) is 0 Å². The summed E-state index contributed by atoms with van der Waals surface area (Å²) in [5.41, 5.74) is -0.428. The molecular formula is C14H10F3NO. The Hall–Kier alpha value is -2.17. The van der Waals surface area contributed by atoms with Crippen LogP contribution in [0.15, 0.2) is 42.7 Å². The largest absolute Gasteiger partial charge is 0.416 e. The molecule has 0 N–H and O–H groups in total. The van der Waals surface area contributed by atoms with Crippen LogP contribution in [-0.4, -0.2) is 10.8 Å². The van der Waals surface area contributed by atoms with Crippen LogP contribution in [-0.2, 0) is 6.18 Å². The molecule has 0 bridgehead atoms. The number of rotatable bonds is 2. The average molecular weight is 265 g/mol. The van der Waals surface area contributed by atoms with E-state index in [1.165, 1.54) is 37.5 Å². The SMILES string of the molecule is Cc1ccc(C(=O)c2cccnc2)cc1C(F)(F)F. The van der Waals surface area contributed by atoms with Crippen LogP contribution in [0.5, 0.6) is 0 Å². The van der Waals surface area contributed by atoms with E-state index in [0.29, 0.717) is 0 Å². The zero-order valence-electron chi connectivity index (χ0n) is 10.0. The molecule has 2 nitrogen and oxygen atoms in total. The van der Waals surface area contributed by atoms with Crippen molar-refractivity contribution in [3.63, 3.8) is 0 Å². The van der Waals surface area contributed by atoms with Crippen molar-refractivity contribution in [3.8, 4) is 0 Å². The van der Waals surface area contributed by atoms with E-state index in [0.717, 1.165) is 6.07 Å². The number of carbonyl (C=O) groups excluding carboxylic acids is 1. The molecule has 0 amide bonds. The second-order valence-corrected chi connectivity index (χ2v) is 4.10. The lowest BCUT2D eigenvalue weighted by atomic mass is 9.99. The molecule has 5 heteroatoms. The Kier molecular flexibility index (Phi) is 3.38. The van der Waals surface area contributed by atoms with Gasteiger partial charge in [0.15, 0.2) is 5.78 Å². The van der Waals surface area contributed by atoms with Crippen molar-refractivity contribution < 1.29 is 18.0 Å². The molecule has 1 aromatic carbocycles. The van der Waals surface area contributed by atoms with E-state index >= 15 is 0 Å². The number of aromatic nitrogens is 1. The summed E-state index contributed by atoms with van der Waals surface area (Å²) in [4.78, 5) is 15.8. The average Bonchev–Trinajstić information content (AvgIpc) is 2.38. The van der Waals surface area contributed by atoms with Gasteiger partial charge in [-0.15, -0.1) is 0 Å². The first-order valence-corrected chi connectivity index (χ1v) is 5.52. The quantitative estimate of drug-likeness (QED) is 0.776. The van der Waals surface area contributed by atoms with Gasteiger partial charge in [-0.25, -0.2) is 0 Å². The van der Waals surface area contributed by atoms with Gasteiger partial charge in [-0.05, 0) is 30.7 Å². The van der Waals surface area contributed by atoms with Gasteiger partial charge in [0.25, 0.3) is 0 Å². The summed E-state index contributed by atoms with van der Waals surface area (Å²) in [5.74, 6) is -0.474. The van der Waals surface area contributed by atoms with E-state index in [2.05, 4.69) is 4.98 Å². The van der Waals surface area contributed by atoms with Crippen LogP contribution >= 0.6 is 0 Å². The molecule has 1 aromatic heterocycles. The van der Waals surface area contributed by atoms with Gasteiger partial charge in [0, 0.05) is 23.5 Å². The summed E-state index contributed by atoms with van der Waals surface area (Å²) in [5, 5.41) is 0. The second kappa shape index (κ2) is 4.84. The van der Waals surface area contributed by atoms with E-state index in [9.17, 15) is 18.0 Å². The fraction of sp³-hybridized carbons (Fsp3) is 0.143. The molecule has 1 heterocycles. The smallest absolute Gasteiger partial charge is 0.289 e. The highest BCUT2D eigenvalue weighted by Crippen LogP contribution is 2.32. The minimum absolute atomic E-state index is 0.00549. The fourth-order valence-electron chi connectivity index (χ4n) is 1.73. The molecule has 0 aliphatic rings. The Labute approximate surface area is 107 Å². The highest BCUT2D eigenvalue weighted by molar-refractivity contribution is 6.08. The van der Waals surface area contributed by atoms with Gasteiger partial charge in [-0.3, -0.25) is 9.78 Å². The maximum atomic E-state index is 12.8. The van der Waals surface area contributed by atoms with Gasteiger partial charge >= 0.3 is 6.18 Å². The Morgan fingerprint density at radius 2 is 1.89 bits per heavy atom. The topological polar surface area (TPSA) is 30.0 Å². The lowest BCUT2D eigenvalue weighted by Crippen LogP contribution is -2.10. The molecule has 2 rings (SSSR count). The van der Waals surface area contributed by atoms with Gasteiger partial charge < -0.3 is 0 Å². The van der Waals surface area contributed by atoms with Gasteiger partial charge in [0.05, 0.1) is 5.56 Å². The first-order valence-electron chi connectivity index (χ1n) is 5.52. The first-order chi connectivity index (χ1) is 8.89. The van der Waals surface area contributed by atoms with Crippen LogP contribution in [0, 0.1) is 6.92 Å². The fourth-order valence-corrected chi connectivity index (χ4v) is 1.73. The summed E-state index contributed by atoms with van der Waals surface area (Å²) in [6.45, 7) is 1.36. The molecule has 0 aliphatic carbocycles. The Bertz CT molecular complexity index is 606. The zero-order chi connectivity index (χ0) is 14.0. The van der Waals surface area contributed by atoms with E-state index in [4.69, 9.17) is 0 Å². The van der Waals surface area contributed by atoms with Gasteiger partial charge in [-0.2, -0.15) is 13.2 Å². The highest BCUT2D eigenvalue weighted by Gasteiger charge is 2.33. The number of ketones is 1. The normalized spacial score (nSPS) is 11.4. The van der Waals surface area contributed by atoms with Gasteiger partial charge in [-0.1, -0.05) is 12.1 Å². The summed E-state index contributed by atoms with van der Waals surface area (Å²) in [6, 6.07) is 6.64. The minimum Gasteiger partial charge on any atom is -0.289 e. The molecule has 19 heavy (non-hydrogen) atoms. The Morgan fingerprint density at radius 1 is 1.16 bits per heavy atom. The lowest BCUT2D eigenvalue weighted by Gasteiger charge is -2.11. The summed E-state index contributed by atoms with van der Waals surface area (Å²) >= 11 is 0. The van der Waals surface area contributed by atoms with Crippen molar-refractivity contribution in [2.75, 3.05) is 0 Å². The maximum absolute atomic E-state index is 12.8. The van der Waals surface area contributed by atoms with Crippen molar-refractivity contribution in [2.24, 2.45) is 0 Å². The minimum atomic E-state index is -4.46. The third-order valence-corrected chi connectivity index (χ3v) is 2.73. The van der Waals surface area contributed by atoms with Crippen LogP contribution < -0.4 is 0 Å². The number of benzene rings is 1. The molecule has 0 atom stereocenters. The van der Waals surface area contributed by atoms with Gasteiger partial charge in [0.2, 0.25) is 0 Å². The molecule has 2 aromatic rings. The molecule has 0 radical (unpaired) electrons. The third-order valence-electron chi connectivity index (χ3n) is 2.73. The summed E-state index contributed by atoms with van der Waals surface area (Å²) in [6.07, 6.45) is -1.64. The van der Waals surface area contributed by atoms with Crippen LogP contribution in [0.3, 0.4) is 0 Å². The molecule has 0 aliphatic heterocycles. The zero-order valence-corrected chi connectivity index (χ0v) is 10.0. The van der Waals surface area contributed by atoms with Gasteiger partial charge in [0.1, 0.15) is 0 Å². The molecule has 98 valence electrons. The van der Waals surface area contributed by atoms with Crippen molar-refractivity contribution in [1.29, 1.82) is 0 Å². The number of halogens is 3. The highest BCUT2D eigenvalue weighted by atomic mass is 19.4. The van der Waals surface area contributed by atoms with Crippen molar-refractivity contribution in [3.05, 3.63) is 65.0 Å². The number of aryl methyl sites for hydroxylation is 1. The van der Waals surface area contributed by atoms with E-state index in [-0.39, 0.29) is 16.7 Å². The molecule has 0 unspecified atom stereocenters. The molecule has 0 saturated heterocycles. The molecule has 0 fully saturated rings. The summed E-state index contributed by atoms with van der Waals surface area (Å²) in [7, 11) is 0. The number of nitrogens with zero attached hydrogens (tertiary/aromatic N) is 1. The second-order valence-electron chi connectivity index (χ2n) is 4.10. The van der Waals surface area contributed by atoms with E-state index in [1.54, 1.807) is 6.07 Å². The predicted octanol–water partition coefficient (Wildman–Crippen LogP) is 3.64. The van der Waals surface area contributed by atoms with Crippen LogP contribution in [0.25, 0.3) is 0 Å². The molecule has 0 spiro atoms. The number of hydrogen-bond acceptors (Lipinski definition) is 2. The van der Waals surface area contributed by atoms with Crippen molar-refractivity contribution in [1.82, 2.24) is 4.98 Å². The lowest BCUT2D eigenvalue weighted by molar-refractivity contribution is -0.138. The van der Waals surface area contributed by atoms with Crippen LogP contribution in [0.2, 0.25) is 0 Å². The monoisotopic (exact) mass is 265 g/mol. The Balaban J connectivity index is 2.45. The molecule has 0 saturated carbocycles. The Morgan fingerprint density at radius 3 is 2.47 bits per heavy atom. The van der Waals surface area contributed by atoms with Crippen LogP contribution in [0.4, 0.5) is 13.2 Å². The number of pyridine rings is 1. The number of alkyl halides is 3. The van der Waals surface area contributed by atoms with Crippen molar-refractivity contribution >= 4 is 5.78 Å².